The van der Waals surface area contributed by atoms with Gasteiger partial charge in [-0.3, -0.25) is 4.79 Å². The molecule has 0 aliphatic rings. The Labute approximate surface area is 142 Å². The molecule has 0 spiro atoms. The number of thiophene rings is 1. The van der Waals surface area contributed by atoms with Crippen LogP contribution < -0.4 is 10.0 Å². The first-order chi connectivity index (χ1) is 11.1. The number of hydrogen-bond acceptors (Lipinski definition) is 6. The molecule has 122 valence electrons. The van der Waals surface area contributed by atoms with E-state index in [2.05, 4.69) is 11.4 Å². The average Bonchev–Trinajstić information content (AvgIpc) is 3.06. The van der Waals surface area contributed by atoms with E-state index in [1.54, 1.807) is 23.1 Å². The Hall–Kier alpha value is -2.06. The minimum absolute atomic E-state index is 0.233. The summed E-state index contributed by atoms with van der Waals surface area (Å²) in [6.45, 7) is 0.189. The molecule has 0 fully saturated rings. The third kappa shape index (κ3) is 6.29. The van der Waals surface area contributed by atoms with Gasteiger partial charge in [-0.1, -0.05) is 6.07 Å². The number of nitrogens with one attached hydrogen (secondary N) is 1. The number of ether oxygens (including phenoxy) is 1. The van der Waals surface area contributed by atoms with Crippen molar-refractivity contribution < 1.29 is 19.1 Å². The molecule has 0 unspecified atom stereocenters. The molecule has 0 aliphatic heterocycles. The summed E-state index contributed by atoms with van der Waals surface area (Å²) in [5, 5.41) is 15.6. The smallest absolute Gasteiger partial charge is 0.339 e. The van der Waals surface area contributed by atoms with Crippen molar-refractivity contribution in [3.8, 4) is 0 Å². The molecule has 0 bridgehead atoms. The second kappa shape index (κ2) is 9.16. The van der Waals surface area contributed by atoms with Crippen LogP contribution in [0.1, 0.15) is 15.2 Å². The van der Waals surface area contributed by atoms with Crippen LogP contribution in [0.3, 0.4) is 0 Å². The lowest BCUT2D eigenvalue weighted by Crippen LogP contribution is -2.30. The Morgan fingerprint density at radius 2 is 2.09 bits per heavy atom. The van der Waals surface area contributed by atoms with Gasteiger partial charge in [-0.25, -0.2) is 4.79 Å². The summed E-state index contributed by atoms with van der Waals surface area (Å²) in [4.78, 5) is 24.5. The SMILES string of the molecule is O=C(COC(=O)c1cc[n+]([O-])cc1)NCCSCc1cccs1. The monoisotopic (exact) mass is 352 g/mol. The van der Waals surface area contributed by atoms with Gasteiger partial charge in [-0.15, -0.1) is 11.3 Å². The van der Waals surface area contributed by atoms with E-state index in [1.165, 1.54) is 29.4 Å². The van der Waals surface area contributed by atoms with Gasteiger partial charge in [0.05, 0.1) is 5.56 Å². The molecular weight excluding hydrogens is 336 g/mol. The van der Waals surface area contributed by atoms with Gasteiger partial charge in [0.15, 0.2) is 19.0 Å². The number of rotatable bonds is 8. The van der Waals surface area contributed by atoms with Crippen LogP contribution in [0.25, 0.3) is 0 Å². The van der Waals surface area contributed by atoms with Gasteiger partial charge in [0, 0.05) is 35.1 Å². The second-order valence-corrected chi connectivity index (χ2v) is 6.64. The Bertz CT molecular complexity index is 629. The molecule has 0 saturated heterocycles. The summed E-state index contributed by atoms with van der Waals surface area (Å²) in [5.41, 5.74) is 0.233. The lowest BCUT2D eigenvalue weighted by molar-refractivity contribution is -0.605. The van der Waals surface area contributed by atoms with Crippen molar-refractivity contribution in [1.82, 2.24) is 5.32 Å². The first-order valence-electron chi connectivity index (χ1n) is 6.88. The van der Waals surface area contributed by atoms with Crippen LogP contribution in [0.2, 0.25) is 0 Å². The third-order valence-corrected chi connectivity index (χ3v) is 4.83. The fourth-order valence-corrected chi connectivity index (χ4v) is 3.34. The van der Waals surface area contributed by atoms with Gasteiger partial charge in [-0.05, 0) is 11.4 Å². The first-order valence-corrected chi connectivity index (χ1v) is 8.91. The van der Waals surface area contributed by atoms with E-state index < -0.39 is 5.97 Å². The van der Waals surface area contributed by atoms with Crippen molar-refractivity contribution in [1.29, 1.82) is 0 Å². The molecule has 1 amide bonds. The molecule has 0 aliphatic carbocycles. The van der Waals surface area contributed by atoms with Crippen LogP contribution in [0, 0.1) is 5.21 Å². The lowest BCUT2D eigenvalue weighted by atomic mass is 10.3. The number of aromatic nitrogens is 1. The normalized spacial score (nSPS) is 10.3. The Balaban J connectivity index is 1.57. The molecule has 0 aromatic carbocycles. The van der Waals surface area contributed by atoms with Gasteiger partial charge in [0.2, 0.25) is 0 Å². The zero-order valence-corrected chi connectivity index (χ0v) is 13.9. The maximum absolute atomic E-state index is 11.7. The second-order valence-electron chi connectivity index (χ2n) is 4.50. The van der Waals surface area contributed by atoms with Gasteiger partial charge in [0.1, 0.15) is 0 Å². The average molecular weight is 352 g/mol. The van der Waals surface area contributed by atoms with E-state index in [0.29, 0.717) is 11.3 Å². The number of hydrogen-bond donors (Lipinski definition) is 1. The molecule has 2 aromatic rings. The van der Waals surface area contributed by atoms with Crippen molar-refractivity contribution in [3.05, 3.63) is 57.7 Å². The van der Waals surface area contributed by atoms with E-state index >= 15 is 0 Å². The highest BCUT2D eigenvalue weighted by Crippen LogP contribution is 2.16. The number of nitrogens with zero attached hydrogens (tertiary/aromatic N) is 1. The zero-order chi connectivity index (χ0) is 16.5. The third-order valence-electron chi connectivity index (χ3n) is 2.77. The molecular formula is C15H16N2O4S2. The molecule has 6 nitrogen and oxygen atoms in total. The minimum Gasteiger partial charge on any atom is -0.619 e. The summed E-state index contributed by atoms with van der Waals surface area (Å²) < 4.78 is 5.45. The Kier molecular flexibility index (Phi) is 6.89. The topological polar surface area (TPSA) is 82.3 Å². The molecule has 0 atom stereocenters. The summed E-state index contributed by atoms with van der Waals surface area (Å²) in [5.74, 6) is 0.744. The Morgan fingerprint density at radius 1 is 1.30 bits per heavy atom. The molecule has 1 N–H and O–H groups in total. The van der Waals surface area contributed by atoms with Crippen molar-refractivity contribution in [2.75, 3.05) is 18.9 Å². The molecule has 2 rings (SSSR count). The van der Waals surface area contributed by atoms with Crippen molar-refractivity contribution in [2.45, 2.75) is 5.75 Å². The fourth-order valence-electron chi connectivity index (χ4n) is 1.64. The number of esters is 1. The minimum atomic E-state index is -0.632. The number of carbonyl (C=O) groups excluding carboxylic acids is 2. The van der Waals surface area contributed by atoms with Crippen LogP contribution in [-0.4, -0.2) is 30.8 Å². The standard InChI is InChI=1S/C15H16N2O4S2/c18-14(16-5-9-22-11-13-2-1-8-23-13)10-21-15(19)12-3-6-17(20)7-4-12/h1-4,6-8H,5,9-11H2,(H,16,18). The van der Waals surface area contributed by atoms with E-state index in [9.17, 15) is 14.8 Å². The number of amides is 1. The molecule has 8 heteroatoms. The summed E-state index contributed by atoms with van der Waals surface area (Å²) >= 11 is 3.44. The van der Waals surface area contributed by atoms with Crippen LogP contribution >= 0.6 is 23.1 Å². The number of carbonyl (C=O) groups is 2. The van der Waals surface area contributed by atoms with E-state index in [-0.39, 0.29) is 18.1 Å². The number of thioether (sulfide) groups is 1. The molecule has 0 saturated carbocycles. The van der Waals surface area contributed by atoms with Gasteiger partial charge in [0.25, 0.3) is 5.91 Å². The zero-order valence-electron chi connectivity index (χ0n) is 12.3. The van der Waals surface area contributed by atoms with E-state index in [4.69, 9.17) is 4.74 Å². The van der Waals surface area contributed by atoms with Crippen LogP contribution in [0.15, 0.2) is 42.0 Å². The maximum atomic E-state index is 11.7. The Morgan fingerprint density at radius 3 is 2.78 bits per heavy atom. The van der Waals surface area contributed by atoms with Crippen molar-refractivity contribution in [2.24, 2.45) is 0 Å². The van der Waals surface area contributed by atoms with Crippen LogP contribution in [-0.2, 0) is 15.3 Å². The van der Waals surface area contributed by atoms with Gasteiger partial charge in [-0.2, -0.15) is 16.5 Å². The number of pyridine rings is 1. The summed E-state index contributed by atoms with van der Waals surface area (Å²) in [6.07, 6.45) is 2.39. The van der Waals surface area contributed by atoms with Crippen LogP contribution in [0.5, 0.6) is 0 Å². The molecule has 23 heavy (non-hydrogen) atoms. The van der Waals surface area contributed by atoms with Crippen molar-refractivity contribution >= 4 is 35.0 Å². The summed E-state index contributed by atoms with van der Waals surface area (Å²) in [6, 6.07) is 6.77. The molecule has 2 heterocycles. The van der Waals surface area contributed by atoms with Gasteiger partial charge < -0.3 is 15.3 Å². The predicted octanol–water partition coefficient (Wildman–Crippen LogP) is 1.59. The highest BCUT2D eigenvalue weighted by molar-refractivity contribution is 7.98. The van der Waals surface area contributed by atoms with E-state index in [0.717, 1.165) is 11.5 Å². The van der Waals surface area contributed by atoms with Crippen LogP contribution in [0.4, 0.5) is 0 Å². The summed E-state index contributed by atoms with van der Waals surface area (Å²) in [7, 11) is 0. The van der Waals surface area contributed by atoms with Gasteiger partial charge >= 0.3 is 5.97 Å². The molecule has 2 aromatic heterocycles. The van der Waals surface area contributed by atoms with E-state index in [1.807, 2.05) is 11.4 Å². The predicted molar refractivity (Wildman–Crippen MR) is 89.2 cm³/mol. The quantitative estimate of drug-likeness (QED) is 0.338. The largest absolute Gasteiger partial charge is 0.619 e. The highest BCUT2D eigenvalue weighted by atomic mass is 32.2. The maximum Gasteiger partial charge on any atom is 0.339 e. The van der Waals surface area contributed by atoms with Crippen molar-refractivity contribution in [3.63, 3.8) is 0 Å². The highest BCUT2D eigenvalue weighted by Gasteiger charge is 2.10. The fraction of sp³-hybridized carbons (Fsp3) is 0.267. The molecule has 0 radical (unpaired) electrons. The first kappa shape index (κ1) is 17.3. The lowest BCUT2D eigenvalue weighted by Gasteiger charge is -2.06.